The van der Waals surface area contributed by atoms with E-state index >= 15 is 0 Å². The van der Waals surface area contributed by atoms with E-state index in [2.05, 4.69) is 37.8 Å². The van der Waals surface area contributed by atoms with Crippen LogP contribution in [0.2, 0.25) is 0 Å². The van der Waals surface area contributed by atoms with Gasteiger partial charge in [0.05, 0.1) is 16.8 Å². The maximum atomic E-state index is 13.2. The van der Waals surface area contributed by atoms with Gasteiger partial charge in [-0.15, -0.1) is 0 Å². The number of amides is 2. The number of nitriles is 1. The van der Waals surface area contributed by atoms with Crippen LogP contribution in [0.25, 0.3) is 10.9 Å². The summed E-state index contributed by atoms with van der Waals surface area (Å²) >= 11 is 0. The van der Waals surface area contributed by atoms with E-state index in [1.807, 2.05) is 13.1 Å². The van der Waals surface area contributed by atoms with Crippen molar-refractivity contribution in [1.82, 2.24) is 20.1 Å². The zero-order chi connectivity index (χ0) is 21.9. The fourth-order valence-corrected chi connectivity index (χ4v) is 5.03. The molecule has 2 amide bonds. The Kier molecular flexibility index (Phi) is 4.13. The van der Waals surface area contributed by atoms with Crippen molar-refractivity contribution in [3.05, 3.63) is 41.7 Å². The Hall–Kier alpha value is -3.64. The monoisotopic (exact) mass is 428 g/mol. The maximum absolute atomic E-state index is 13.2. The molecule has 9 heteroatoms. The number of urea groups is 1. The molecular formula is C23H24N8O. The highest BCUT2D eigenvalue weighted by atomic mass is 16.2. The van der Waals surface area contributed by atoms with Gasteiger partial charge < -0.3 is 15.5 Å². The van der Waals surface area contributed by atoms with E-state index in [0.717, 1.165) is 42.5 Å². The van der Waals surface area contributed by atoms with Gasteiger partial charge in [0, 0.05) is 67.8 Å². The Bertz CT molecular complexity index is 1290. The van der Waals surface area contributed by atoms with Crippen molar-refractivity contribution in [2.24, 2.45) is 7.05 Å². The van der Waals surface area contributed by atoms with E-state index in [1.165, 1.54) is 18.5 Å². The molecule has 1 saturated heterocycles. The van der Waals surface area contributed by atoms with E-state index in [0.29, 0.717) is 23.6 Å². The lowest BCUT2D eigenvalue weighted by molar-refractivity contribution is 0.257. The van der Waals surface area contributed by atoms with Gasteiger partial charge in [-0.05, 0) is 37.5 Å². The van der Waals surface area contributed by atoms with Crippen LogP contribution in [0.5, 0.6) is 0 Å². The molecule has 3 aromatic rings. The lowest BCUT2D eigenvalue weighted by Gasteiger charge is -2.36. The predicted molar refractivity (Wildman–Crippen MR) is 122 cm³/mol. The molecule has 0 radical (unpaired) electrons. The summed E-state index contributed by atoms with van der Waals surface area (Å²) < 4.78 is 1.67. The van der Waals surface area contributed by atoms with E-state index in [4.69, 9.17) is 0 Å². The fourth-order valence-electron chi connectivity index (χ4n) is 5.03. The van der Waals surface area contributed by atoms with Crippen molar-refractivity contribution < 1.29 is 4.79 Å². The molecule has 2 fully saturated rings. The van der Waals surface area contributed by atoms with Crippen molar-refractivity contribution in [2.75, 3.05) is 41.3 Å². The molecular weight excluding hydrogens is 404 g/mol. The Labute approximate surface area is 185 Å². The number of fused-ring (bicyclic) bond motifs is 2. The highest BCUT2D eigenvalue weighted by Gasteiger charge is 2.46. The summed E-state index contributed by atoms with van der Waals surface area (Å²) in [4.78, 5) is 21.9. The second-order valence-corrected chi connectivity index (χ2v) is 8.93. The summed E-state index contributed by atoms with van der Waals surface area (Å²) in [5, 5.41) is 21.4. The van der Waals surface area contributed by atoms with Gasteiger partial charge in [-0.25, -0.2) is 9.78 Å². The van der Waals surface area contributed by atoms with Crippen LogP contribution in [0.1, 0.15) is 24.0 Å². The Morgan fingerprint density at radius 1 is 1.28 bits per heavy atom. The topological polar surface area (TPSA) is 102 Å². The molecule has 2 N–H and O–H groups in total. The number of carbonyl (C=O) groups is 1. The zero-order valence-electron chi connectivity index (χ0n) is 17.9. The number of aromatic nitrogens is 3. The van der Waals surface area contributed by atoms with Crippen molar-refractivity contribution >= 4 is 34.1 Å². The number of rotatable bonds is 2. The number of piperazine rings is 1. The molecule has 9 nitrogen and oxygen atoms in total. The largest absolute Gasteiger partial charge is 0.368 e. The molecule has 0 unspecified atom stereocenters. The number of nitrogens with zero attached hydrogens (tertiary/aromatic N) is 6. The van der Waals surface area contributed by atoms with Crippen LogP contribution in [0.15, 0.2) is 30.6 Å². The molecule has 2 aromatic heterocycles. The summed E-state index contributed by atoms with van der Waals surface area (Å²) in [6.07, 6.45) is 6.82. The zero-order valence-corrected chi connectivity index (χ0v) is 17.9. The van der Waals surface area contributed by atoms with Gasteiger partial charge in [0.1, 0.15) is 11.9 Å². The Morgan fingerprint density at radius 3 is 2.97 bits per heavy atom. The molecule has 1 spiro atoms. The molecule has 1 aromatic carbocycles. The summed E-state index contributed by atoms with van der Waals surface area (Å²) in [6, 6.07) is 7.58. The van der Waals surface area contributed by atoms with Crippen LogP contribution in [0.3, 0.4) is 0 Å². The van der Waals surface area contributed by atoms with Gasteiger partial charge >= 0.3 is 6.03 Å². The van der Waals surface area contributed by atoms with E-state index in [-0.39, 0.29) is 11.6 Å². The molecule has 3 aliphatic rings. The number of anilines is 3. The average Bonchev–Trinajstić information content (AvgIpc) is 3.21. The number of nitrogens with one attached hydrogen (secondary N) is 2. The van der Waals surface area contributed by atoms with Crippen LogP contribution in [-0.2, 0) is 13.5 Å². The molecule has 2 aliphatic heterocycles. The second-order valence-electron chi connectivity index (χ2n) is 8.93. The van der Waals surface area contributed by atoms with Crippen LogP contribution < -0.4 is 20.4 Å². The van der Waals surface area contributed by atoms with Crippen LogP contribution in [0, 0.1) is 11.3 Å². The summed E-state index contributed by atoms with van der Waals surface area (Å²) in [6.45, 7) is 3.52. The third-order valence-corrected chi connectivity index (χ3v) is 6.82. The lowest BCUT2D eigenvalue weighted by atomic mass is 10.1. The Morgan fingerprint density at radius 2 is 2.16 bits per heavy atom. The third kappa shape index (κ3) is 2.99. The smallest absolute Gasteiger partial charge is 0.327 e. The number of aryl methyl sites for hydroxylation is 1. The van der Waals surface area contributed by atoms with Gasteiger partial charge in [-0.3, -0.25) is 9.58 Å². The van der Waals surface area contributed by atoms with Gasteiger partial charge in [0.25, 0.3) is 0 Å². The Balaban J connectivity index is 1.28. The number of hydrogen-bond acceptors (Lipinski definition) is 6. The normalized spacial score (nSPS) is 18.6. The second kappa shape index (κ2) is 6.93. The van der Waals surface area contributed by atoms with E-state index in [1.54, 1.807) is 28.0 Å². The number of carbonyl (C=O) groups excluding carboxylic acids is 1. The number of benzene rings is 1. The molecule has 6 rings (SSSR count). The molecule has 0 bridgehead atoms. The lowest BCUT2D eigenvalue weighted by Crippen LogP contribution is -2.52. The first-order valence-corrected chi connectivity index (χ1v) is 11.0. The van der Waals surface area contributed by atoms with Crippen LogP contribution in [-0.4, -0.2) is 52.5 Å². The first kappa shape index (κ1) is 19.1. The molecule has 32 heavy (non-hydrogen) atoms. The molecule has 4 heterocycles. The minimum Gasteiger partial charge on any atom is -0.368 e. The summed E-state index contributed by atoms with van der Waals surface area (Å²) in [5.74, 6) is 0.712. The molecule has 162 valence electrons. The van der Waals surface area contributed by atoms with E-state index < -0.39 is 0 Å². The minimum absolute atomic E-state index is 0.271. The van der Waals surface area contributed by atoms with Crippen molar-refractivity contribution in [1.29, 1.82) is 5.26 Å². The first-order valence-electron chi connectivity index (χ1n) is 11.0. The van der Waals surface area contributed by atoms with Crippen molar-refractivity contribution in [2.45, 2.75) is 24.8 Å². The quantitative estimate of drug-likeness (QED) is 0.650. The van der Waals surface area contributed by atoms with Gasteiger partial charge in [0.2, 0.25) is 0 Å². The standard InChI is InChI=1S/C23H24N8O/c1-29-13-17-16(12-24)18(2-3-19(17)28-29)27-22(32)31-10-5-15-20(4-8-25-21(15)31)30-11-9-26-23(14-30)6-7-23/h2-4,8,13,26H,5-7,9-11,14H2,1H3,(H,27,32). The number of hydrogen-bond donors (Lipinski definition) is 2. The maximum Gasteiger partial charge on any atom is 0.327 e. The molecule has 1 aliphatic carbocycles. The van der Waals surface area contributed by atoms with Gasteiger partial charge in [-0.1, -0.05) is 0 Å². The van der Waals surface area contributed by atoms with E-state index in [9.17, 15) is 10.1 Å². The van der Waals surface area contributed by atoms with Crippen molar-refractivity contribution in [3.8, 4) is 6.07 Å². The SMILES string of the molecule is Cn1cc2c(C#N)c(NC(=O)N3CCc4c(N5CCNC6(CC6)C5)ccnc43)ccc2n1. The first-order chi connectivity index (χ1) is 15.6. The molecule has 1 saturated carbocycles. The summed E-state index contributed by atoms with van der Waals surface area (Å²) in [7, 11) is 1.81. The minimum atomic E-state index is -0.271. The molecule has 0 atom stereocenters. The summed E-state index contributed by atoms with van der Waals surface area (Å²) in [5.41, 5.74) is 4.23. The fraction of sp³-hybridized carbons (Fsp3) is 0.391. The third-order valence-electron chi connectivity index (χ3n) is 6.82. The average molecular weight is 429 g/mol. The van der Waals surface area contributed by atoms with Gasteiger partial charge in [-0.2, -0.15) is 10.4 Å². The van der Waals surface area contributed by atoms with Crippen LogP contribution >= 0.6 is 0 Å². The number of pyridine rings is 1. The van der Waals surface area contributed by atoms with Crippen LogP contribution in [0.4, 0.5) is 22.0 Å². The van der Waals surface area contributed by atoms with Gasteiger partial charge in [0.15, 0.2) is 0 Å². The van der Waals surface area contributed by atoms with Crippen molar-refractivity contribution in [3.63, 3.8) is 0 Å². The predicted octanol–water partition coefficient (Wildman–Crippen LogP) is 2.38. The highest BCUT2D eigenvalue weighted by molar-refractivity contribution is 6.05. The highest BCUT2D eigenvalue weighted by Crippen LogP contribution is 2.41.